The summed E-state index contributed by atoms with van der Waals surface area (Å²) in [6.45, 7) is 0. The molecule has 0 radical (unpaired) electrons. The van der Waals surface area contributed by atoms with Crippen LogP contribution in [0.4, 0.5) is 21.5 Å². The van der Waals surface area contributed by atoms with Gasteiger partial charge in [-0.3, -0.25) is 14.4 Å². The third-order valence-electron chi connectivity index (χ3n) is 4.77. The Morgan fingerprint density at radius 1 is 0.824 bits per heavy atom. The third-order valence-corrected chi connectivity index (χ3v) is 6.15. The smallest absolute Gasteiger partial charge is 0.283 e. The van der Waals surface area contributed by atoms with Gasteiger partial charge in [-0.15, -0.1) is 0 Å². The number of imide groups is 1. The maximum absolute atomic E-state index is 13.8. The molecule has 0 saturated heterocycles. The van der Waals surface area contributed by atoms with Gasteiger partial charge >= 0.3 is 0 Å². The van der Waals surface area contributed by atoms with Crippen LogP contribution in [0.3, 0.4) is 0 Å². The average molecular weight is 539 g/mol. The summed E-state index contributed by atoms with van der Waals surface area (Å²) in [4.78, 5) is 39.1. The maximum atomic E-state index is 13.8. The lowest BCUT2D eigenvalue weighted by atomic mass is 10.1. The minimum Gasteiger partial charge on any atom is -0.350 e. The SMILES string of the molecule is O=C(Nc1ccccc1F)c1cccc(NC2=C(Cl)C(=O)N(c3cc(Cl)c(Cl)cc3Cl)C2=O)c1. The van der Waals surface area contributed by atoms with Crippen molar-refractivity contribution >= 4 is 81.2 Å². The van der Waals surface area contributed by atoms with Crippen molar-refractivity contribution < 1.29 is 18.8 Å². The molecule has 0 fully saturated rings. The Bertz CT molecular complexity index is 1390. The van der Waals surface area contributed by atoms with Crippen LogP contribution in [0.2, 0.25) is 15.1 Å². The lowest BCUT2D eigenvalue weighted by Gasteiger charge is -2.17. The lowest BCUT2D eigenvalue weighted by molar-refractivity contribution is -0.120. The Morgan fingerprint density at radius 2 is 1.53 bits per heavy atom. The van der Waals surface area contributed by atoms with Crippen molar-refractivity contribution in [1.29, 1.82) is 0 Å². The quantitative estimate of drug-likeness (QED) is 0.288. The van der Waals surface area contributed by atoms with Crippen LogP contribution >= 0.6 is 46.4 Å². The summed E-state index contributed by atoms with van der Waals surface area (Å²) in [5, 5.41) is 5.12. The average Bonchev–Trinajstić information content (AvgIpc) is 3.01. The summed E-state index contributed by atoms with van der Waals surface area (Å²) in [5.41, 5.74) is 0.269. The van der Waals surface area contributed by atoms with Crippen molar-refractivity contribution in [2.75, 3.05) is 15.5 Å². The number of anilines is 3. The Hall–Kier alpha value is -3.10. The summed E-state index contributed by atoms with van der Waals surface area (Å²) in [7, 11) is 0. The molecule has 0 bridgehead atoms. The number of carbonyl (C=O) groups excluding carboxylic acids is 3. The van der Waals surface area contributed by atoms with Gasteiger partial charge in [-0.25, -0.2) is 9.29 Å². The molecule has 3 aromatic rings. The summed E-state index contributed by atoms with van der Waals surface area (Å²) in [6.07, 6.45) is 0. The maximum Gasteiger partial charge on any atom is 0.283 e. The number of amides is 3. The van der Waals surface area contributed by atoms with Gasteiger partial charge in [-0.05, 0) is 42.5 Å². The number of nitrogens with one attached hydrogen (secondary N) is 2. The van der Waals surface area contributed by atoms with E-state index in [9.17, 15) is 18.8 Å². The van der Waals surface area contributed by atoms with Crippen molar-refractivity contribution in [3.05, 3.63) is 97.8 Å². The Balaban J connectivity index is 1.58. The molecule has 3 aromatic carbocycles. The number of hydrogen-bond acceptors (Lipinski definition) is 4. The minimum atomic E-state index is -0.817. The van der Waals surface area contributed by atoms with Crippen LogP contribution in [-0.2, 0) is 9.59 Å². The van der Waals surface area contributed by atoms with Gasteiger partial charge in [0.1, 0.15) is 16.5 Å². The predicted molar refractivity (Wildman–Crippen MR) is 131 cm³/mol. The fraction of sp³-hybridized carbons (Fsp3) is 0. The van der Waals surface area contributed by atoms with E-state index in [1.54, 1.807) is 18.2 Å². The van der Waals surface area contributed by atoms with Crippen LogP contribution in [0.1, 0.15) is 10.4 Å². The van der Waals surface area contributed by atoms with Gasteiger partial charge in [0, 0.05) is 11.3 Å². The first-order valence-corrected chi connectivity index (χ1v) is 11.0. The molecule has 34 heavy (non-hydrogen) atoms. The lowest BCUT2D eigenvalue weighted by Crippen LogP contribution is -2.32. The molecular weight excluding hydrogens is 527 g/mol. The molecule has 1 aliphatic rings. The number of rotatable bonds is 5. The molecular formula is C23H12Cl4FN3O3. The topological polar surface area (TPSA) is 78.5 Å². The van der Waals surface area contributed by atoms with Crippen LogP contribution in [0.15, 0.2) is 71.4 Å². The monoisotopic (exact) mass is 537 g/mol. The molecule has 4 rings (SSSR count). The molecule has 6 nitrogen and oxygen atoms in total. The van der Waals surface area contributed by atoms with Gasteiger partial charge in [0.25, 0.3) is 17.7 Å². The minimum absolute atomic E-state index is 0.0130. The highest BCUT2D eigenvalue weighted by molar-refractivity contribution is 6.54. The van der Waals surface area contributed by atoms with E-state index in [0.717, 1.165) is 4.90 Å². The van der Waals surface area contributed by atoms with Crippen molar-refractivity contribution in [2.45, 2.75) is 0 Å². The Morgan fingerprint density at radius 3 is 2.26 bits per heavy atom. The van der Waals surface area contributed by atoms with Crippen LogP contribution in [0.25, 0.3) is 0 Å². The number of para-hydroxylation sites is 1. The van der Waals surface area contributed by atoms with E-state index in [4.69, 9.17) is 46.4 Å². The predicted octanol–water partition coefficient (Wildman–Crippen LogP) is 6.47. The first-order chi connectivity index (χ1) is 16.2. The fourth-order valence-electron chi connectivity index (χ4n) is 3.15. The van der Waals surface area contributed by atoms with Crippen LogP contribution in [0, 0.1) is 5.82 Å². The number of carbonyl (C=O) groups is 3. The van der Waals surface area contributed by atoms with Gasteiger partial charge in [0.05, 0.1) is 26.4 Å². The molecule has 11 heteroatoms. The standard InChI is InChI=1S/C23H12Cl4FN3O3/c24-13-9-15(26)18(10-14(13)25)31-22(33)19(27)20(23(31)34)29-12-5-3-4-11(8-12)21(32)30-17-7-2-1-6-16(17)28/h1-10,29H,(H,30,32). The number of benzene rings is 3. The van der Waals surface area contributed by atoms with Gasteiger partial charge in [0.15, 0.2) is 0 Å². The Kier molecular flexibility index (Phi) is 6.81. The Labute approximate surface area is 212 Å². The summed E-state index contributed by atoms with van der Waals surface area (Å²) < 4.78 is 13.8. The molecule has 0 aliphatic carbocycles. The van der Waals surface area contributed by atoms with E-state index in [2.05, 4.69) is 10.6 Å². The van der Waals surface area contributed by atoms with E-state index in [-0.39, 0.29) is 48.4 Å². The second-order valence-corrected chi connectivity index (χ2v) is 8.59. The zero-order valence-electron chi connectivity index (χ0n) is 16.8. The van der Waals surface area contributed by atoms with Crippen molar-refractivity contribution in [2.24, 2.45) is 0 Å². The first-order valence-electron chi connectivity index (χ1n) is 9.53. The highest BCUT2D eigenvalue weighted by Crippen LogP contribution is 2.38. The third kappa shape index (κ3) is 4.60. The van der Waals surface area contributed by atoms with Gasteiger partial charge < -0.3 is 10.6 Å². The van der Waals surface area contributed by atoms with E-state index >= 15 is 0 Å². The normalized spacial score (nSPS) is 13.5. The summed E-state index contributed by atoms with van der Waals surface area (Å²) in [5.74, 6) is -2.76. The van der Waals surface area contributed by atoms with Crippen LogP contribution in [0.5, 0.6) is 0 Å². The number of hydrogen-bond donors (Lipinski definition) is 2. The van der Waals surface area contributed by atoms with Gasteiger partial charge in [-0.1, -0.05) is 64.6 Å². The molecule has 2 N–H and O–H groups in total. The zero-order chi connectivity index (χ0) is 24.6. The molecule has 0 unspecified atom stereocenters. The molecule has 3 amide bonds. The second-order valence-electron chi connectivity index (χ2n) is 6.99. The fourth-order valence-corrected chi connectivity index (χ4v) is 3.99. The van der Waals surface area contributed by atoms with Gasteiger partial charge in [-0.2, -0.15) is 0 Å². The molecule has 0 saturated carbocycles. The molecule has 1 aliphatic heterocycles. The summed E-state index contributed by atoms with van der Waals surface area (Å²) in [6, 6.07) is 14.3. The molecule has 172 valence electrons. The largest absolute Gasteiger partial charge is 0.350 e. The van der Waals surface area contributed by atoms with Gasteiger partial charge in [0.2, 0.25) is 0 Å². The number of halogens is 5. The number of nitrogens with zero attached hydrogens (tertiary/aromatic N) is 1. The second kappa shape index (κ2) is 9.64. The molecule has 0 atom stereocenters. The van der Waals surface area contributed by atoms with Crippen molar-refractivity contribution in [3.8, 4) is 0 Å². The van der Waals surface area contributed by atoms with Crippen molar-refractivity contribution in [3.63, 3.8) is 0 Å². The highest BCUT2D eigenvalue weighted by atomic mass is 35.5. The van der Waals surface area contributed by atoms with E-state index < -0.39 is 23.5 Å². The summed E-state index contributed by atoms with van der Waals surface area (Å²) >= 11 is 24.2. The van der Waals surface area contributed by atoms with E-state index in [0.29, 0.717) is 0 Å². The zero-order valence-corrected chi connectivity index (χ0v) is 19.9. The van der Waals surface area contributed by atoms with Crippen molar-refractivity contribution in [1.82, 2.24) is 0 Å². The van der Waals surface area contributed by atoms with E-state index in [1.165, 1.54) is 42.5 Å². The van der Waals surface area contributed by atoms with E-state index in [1.807, 2.05) is 0 Å². The first kappa shape index (κ1) is 24.0. The molecule has 0 spiro atoms. The van der Waals surface area contributed by atoms with Crippen LogP contribution < -0.4 is 15.5 Å². The van der Waals surface area contributed by atoms with Crippen LogP contribution in [-0.4, -0.2) is 17.7 Å². The molecule has 0 aromatic heterocycles. The highest BCUT2D eigenvalue weighted by Gasteiger charge is 2.40. The molecule has 1 heterocycles.